The number of hydrogen-bond donors (Lipinski definition) is 1. The van der Waals surface area contributed by atoms with Crippen LogP contribution in [0.3, 0.4) is 0 Å². The minimum Gasteiger partial charge on any atom is -0.399 e. The number of rotatable bonds is 0. The highest BCUT2D eigenvalue weighted by molar-refractivity contribution is 6.05. The lowest BCUT2D eigenvalue weighted by atomic mass is 10.0. The summed E-state index contributed by atoms with van der Waals surface area (Å²) in [6, 6.07) is 14.6. The molecule has 1 aromatic heterocycles. The van der Waals surface area contributed by atoms with Crippen LogP contribution in [0, 0.1) is 6.92 Å². The SMILES string of the molecule is Cc1c2cc(N)ccc2c2ccccc2[n+]1C. The fraction of sp³-hybridized carbons (Fsp3) is 0.133. The number of nitrogens with zero attached hydrogens (tertiary/aromatic N) is 1. The molecule has 0 aliphatic heterocycles. The largest absolute Gasteiger partial charge is 0.399 e. The molecule has 3 aromatic rings. The zero-order valence-electron chi connectivity index (χ0n) is 10.1. The topological polar surface area (TPSA) is 29.9 Å². The van der Waals surface area contributed by atoms with Crippen molar-refractivity contribution in [1.29, 1.82) is 0 Å². The Morgan fingerprint density at radius 2 is 1.71 bits per heavy atom. The number of aromatic nitrogens is 1. The Morgan fingerprint density at radius 1 is 0.941 bits per heavy atom. The summed E-state index contributed by atoms with van der Waals surface area (Å²) in [5.41, 5.74) is 9.19. The molecule has 0 aliphatic carbocycles. The molecule has 1 heterocycles. The molecule has 3 rings (SSSR count). The third-order valence-corrected chi connectivity index (χ3v) is 3.49. The Bertz CT molecular complexity index is 730. The van der Waals surface area contributed by atoms with Gasteiger partial charge in [0.2, 0.25) is 5.52 Å². The van der Waals surface area contributed by atoms with Crippen LogP contribution in [0.1, 0.15) is 5.69 Å². The molecule has 2 aromatic carbocycles. The van der Waals surface area contributed by atoms with E-state index in [-0.39, 0.29) is 0 Å². The molecule has 0 saturated heterocycles. The molecule has 0 atom stereocenters. The van der Waals surface area contributed by atoms with E-state index in [1.165, 1.54) is 27.4 Å². The van der Waals surface area contributed by atoms with E-state index >= 15 is 0 Å². The van der Waals surface area contributed by atoms with E-state index in [1.807, 2.05) is 6.07 Å². The van der Waals surface area contributed by atoms with Crippen molar-refractivity contribution in [3.8, 4) is 0 Å². The Labute approximate surface area is 100 Å². The molecule has 0 saturated carbocycles. The van der Waals surface area contributed by atoms with E-state index in [4.69, 9.17) is 5.73 Å². The van der Waals surface area contributed by atoms with Crippen molar-refractivity contribution >= 4 is 27.4 Å². The maximum atomic E-state index is 5.88. The number of benzene rings is 2. The van der Waals surface area contributed by atoms with E-state index in [1.54, 1.807) is 0 Å². The number of nitrogens with two attached hydrogens (primary N) is 1. The second kappa shape index (κ2) is 3.45. The summed E-state index contributed by atoms with van der Waals surface area (Å²) in [6.45, 7) is 2.13. The fourth-order valence-corrected chi connectivity index (χ4v) is 2.45. The van der Waals surface area contributed by atoms with Gasteiger partial charge in [-0.2, -0.15) is 4.57 Å². The number of pyridine rings is 1. The number of fused-ring (bicyclic) bond motifs is 3. The highest BCUT2D eigenvalue weighted by Gasteiger charge is 2.14. The van der Waals surface area contributed by atoms with Crippen molar-refractivity contribution in [2.24, 2.45) is 7.05 Å². The number of aryl methyl sites for hydroxylation is 2. The zero-order valence-corrected chi connectivity index (χ0v) is 10.1. The van der Waals surface area contributed by atoms with Crippen LogP contribution in [0.4, 0.5) is 5.69 Å². The smallest absolute Gasteiger partial charge is 0.213 e. The van der Waals surface area contributed by atoms with Gasteiger partial charge in [0.1, 0.15) is 7.05 Å². The molecule has 84 valence electrons. The molecule has 0 fully saturated rings. The maximum absolute atomic E-state index is 5.88. The summed E-state index contributed by atoms with van der Waals surface area (Å²) in [6.07, 6.45) is 0. The lowest BCUT2D eigenvalue weighted by molar-refractivity contribution is -0.649. The molecule has 0 spiro atoms. The van der Waals surface area contributed by atoms with Gasteiger partial charge in [-0.1, -0.05) is 18.2 Å². The van der Waals surface area contributed by atoms with Crippen molar-refractivity contribution in [2.75, 3.05) is 5.73 Å². The Balaban J connectivity index is 2.65. The van der Waals surface area contributed by atoms with E-state index in [0.29, 0.717) is 0 Å². The zero-order chi connectivity index (χ0) is 12.0. The van der Waals surface area contributed by atoms with Gasteiger partial charge in [-0.05, 0) is 18.2 Å². The second-order valence-corrected chi connectivity index (χ2v) is 4.47. The van der Waals surface area contributed by atoms with Crippen LogP contribution in [0.15, 0.2) is 42.5 Å². The molecule has 17 heavy (non-hydrogen) atoms. The van der Waals surface area contributed by atoms with Gasteiger partial charge in [0.25, 0.3) is 0 Å². The summed E-state index contributed by atoms with van der Waals surface area (Å²) in [5.74, 6) is 0. The van der Waals surface area contributed by atoms with Crippen LogP contribution in [-0.2, 0) is 7.05 Å². The van der Waals surface area contributed by atoms with E-state index < -0.39 is 0 Å². The Hall–Kier alpha value is -2.09. The van der Waals surface area contributed by atoms with Crippen LogP contribution < -0.4 is 10.3 Å². The average molecular weight is 223 g/mol. The molecule has 0 radical (unpaired) electrons. The summed E-state index contributed by atoms with van der Waals surface area (Å²) < 4.78 is 2.22. The van der Waals surface area contributed by atoms with Gasteiger partial charge in [-0.25, -0.2) is 0 Å². The Kier molecular flexibility index (Phi) is 2.05. The van der Waals surface area contributed by atoms with Crippen molar-refractivity contribution < 1.29 is 4.57 Å². The van der Waals surface area contributed by atoms with Crippen molar-refractivity contribution in [1.82, 2.24) is 0 Å². The monoisotopic (exact) mass is 223 g/mol. The fourth-order valence-electron chi connectivity index (χ4n) is 2.45. The first kappa shape index (κ1) is 10.1. The molecule has 2 heteroatoms. The van der Waals surface area contributed by atoms with Crippen molar-refractivity contribution in [2.45, 2.75) is 6.92 Å². The van der Waals surface area contributed by atoms with E-state index in [2.05, 4.69) is 54.9 Å². The van der Waals surface area contributed by atoms with Gasteiger partial charge in [-0.3, -0.25) is 0 Å². The van der Waals surface area contributed by atoms with Crippen LogP contribution in [-0.4, -0.2) is 0 Å². The van der Waals surface area contributed by atoms with Gasteiger partial charge < -0.3 is 5.73 Å². The van der Waals surface area contributed by atoms with Crippen molar-refractivity contribution in [3.05, 3.63) is 48.2 Å². The molecule has 0 unspecified atom stereocenters. The third kappa shape index (κ3) is 1.37. The predicted molar refractivity (Wildman–Crippen MR) is 71.8 cm³/mol. The van der Waals surface area contributed by atoms with Gasteiger partial charge in [-0.15, -0.1) is 0 Å². The first-order chi connectivity index (χ1) is 8.18. The minimum atomic E-state index is 0.816. The number of para-hydroxylation sites is 1. The quantitative estimate of drug-likeness (QED) is 0.354. The van der Waals surface area contributed by atoms with Crippen LogP contribution in [0.5, 0.6) is 0 Å². The minimum absolute atomic E-state index is 0.816. The lowest BCUT2D eigenvalue weighted by Crippen LogP contribution is -2.33. The third-order valence-electron chi connectivity index (χ3n) is 3.49. The van der Waals surface area contributed by atoms with E-state index in [9.17, 15) is 0 Å². The first-order valence-electron chi connectivity index (χ1n) is 5.75. The molecule has 0 amide bonds. The standard InChI is InChI=1S/C15H15N2/c1-10-14-9-11(16)7-8-12(14)13-5-3-4-6-15(13)17(10)2/h3-9H,16H2,1-2H3/q+1. The molecule has 2 nitrogen and oxygen atoms in total. The highest BCUT2D eigenvalue weighted by atomic mass is 14.9. The maximum Gasteiger partial charge on any atom is 0.213 e. The second-order valence-electron chi connectivity index (χ2n) is 4.47. The average Bonchev–Trinajstić information content (AvgIpc) is 2.36. The highest BCUT2D eigenvalue weighted by Crippen LogP contribution is 2.26. The normalized spacial score (nSPS) is 11.2. The lowest BCUT2D eigenvalue weighted by Gasteiger charge is -2.06. The number of nitrogen functional groups attached to an aromatic ring is 1. The van der Waals surface area contributed by atoms with Crippen LogP contribution in [0.25, 0.3) is 21.7 Å². The summed E-state index contributed by atoms with van der Waals surface area (Å²) >= 11 is 0. The van der Waals surface area contributed by atoms with Crippen LogP contribution in [0.2, 0.25) is 0 Å². The van der Waals surface area contributed by atoms with Gasteiger partial charge in [0.05, 0.1) is 10.8 Å². The van der Waals surface area contributed by atoms with Crippen LogP contribution >= 0.6 is 0 Å². The summed E-state index contributed by atoms with van der Waals surface area (Å²) in [4.78, 5) is 0. The van der Waals surface area contributed by atoms with Gasteiger partial charge >= 0.3 is 0 Å². The summed E-state index contributed by atoms with van der Waals surface area (Å²) in [5, 5.41) is 3.77. The Morgan fingerprint density at radius 3 is 2.53 bits per heavy atom. The number of hydrogen-bond acceptors (Lipinski definition) is 1. The van der Waals surface area contributed by atoms with Gasteiger partial charge in [0.15, 0.2) is 5.69 Å². The molecular formula is C15H15N2+. The molecule has 0 aliphatic rings. The molecule has 0 bridgehead atoms. The van der Waals surface area contributed by atoms with E-state index in [0.717, 1.165) is 5.69 Å². The predicted octanol–water partition coefficient (Wildman–Crippen LogP) is 2.71. The number of anilines is 1. The molecular weight excluding hydrogens is 208 g/mol. The molecule has 2 N–H and O–H groups in total. The summed E-state index contributed by atoms with van der Waals surface area (Å²) in [7, 11) is 2.10. The van der Waals surface area contributed by atoms with Crippen molar-refractivity contribution in [3.63, 3.8) is 0 Å². The first-order valence-corrected chi connectivity index (χ1v) is 5.75. The van der Waals surface area contributed by atoms with Gasteiger partial charge in [0, 0.05) is 24.1 Å².